The van der Waals surface area contributed by atoms with Gasteiger partial charge in [0.25, 0.3) is 10.0 Å². The van der Waals surface area contributed by atoms with Gasteiger partial charge in [-0.15, -0.1) is 11.3 Å². The van der Waals surface area contributed by atoms with Gasteiger partial charge in [0.2, 0.25) is 0 Å². The van der Waals surface area contributed by atoms with Crippen molar-refractivity contribution in [3.8, 4) is 0 Å². The molecule has 1 fully saturated rings. The van der Waals surface area contributed by atoms with E-state index in [0.29, 0.717) is 19.0 Å². The molecule has 1 aromatic heterocycles. The van der Waals surface area contributed by atoms with Crippen LogP contribution in [0, 0.1) is 5.92 Å². The molecule has 1 aliphatic rings. The second-order valence-electron chi connectivity index (χ2n) is 4.79. The first-order valence-corrected chi connectivity index (χ1v) is 8.84. The van der Waals surface area contributed by atoms with Crippen molar-refractivity contribution in [3.05, 3.63) is 11.2 Å². The van der Waals surface area contributed by atoms with Gasteiger partial charge in [-0.2, -0.15) is 4.31 Å². The van der Waals surface area contributed by atoms with Crippen LogP contribution in [0.2, 0.25) is 0 Å². The molecule has 2 rings (SSSR count). The summed E-state index contributed by atoms with van der Waals surface area (Å²) in [7, 11) is -2.46. The molecule has 0 bridgehead atoms. The first-order chi connectivity index (χ1) is 9.50. The number of thiazole rings is 1. The first-order valence-electron chi connectivity index (χ1n) is 6.52. The molecular formula is C12H18N2O4S2. The number of esters is 1. The molecule has 0 radical (unpaired) electrons. The summed E-state index contributed by atoms with van der Waals surface area (Å²) in [5, 5.41) is 0. The summed E-state index contributed by atoms with van der Waals surface area (Å²) in [6.45, 7) is 2.91. The molecule has 1 heterocycles. The molecular weight excluding hydrogens is 300 g/mol. The number of sulfonamides is 1. The zero-order valence-electron chi connectivity index (χ0n) is 11.5. The normalized spacial score (nSPS) is 15.6. The van der Waals surface area contributed by atoms with Gasteiger partial charge in [0, 0.05) is 13.1 Å². The third-order valence-electron chi connectivity index (χ3n) is 3.12. The largest absolute Gasteiger partial charge is 0.464 e. The van der Waals surface area contributed by atoms with E-state index in [1.807, 2.05) is 6.92 Å². The highest BCUT2D eigenvalue weighted by atomic mass is 32.2. The minimum Gasteiger partial charge on any atom is -0.464 e. The van der Waals surface area contributed by atoms with Gasteiger partial charge < -0.3 is 4.74 Å². The first kappa shape index (κ1) is 15.4. The van der Waals surface area contributed by atoms with Gasteiger partial charge in [-0.3, -0.25) is 0 Å². The SMILES string of the molecule is CCCN(CC1CC1)S(=O)(=O)c1scnc1C(=O)OC. The lowest BCUT2D eigenvalue weighted by molar-refractivity contribution is 0.0590. The molecule has 0 amide bonds. The summed E-state index contributed by atoms with van der Waals surface area (Å²) in [5.41, 5.74) is 1.25. The Morgan fingerprint density at radius 3 is 2.80 bits per heavy atom. The van der Waals surface area contributed by atoms with E-state index in [-0.39, 0.29) is 9.90 Å². The number of hydrogen-bond acceptors (Lipinski definition) is 6. The van der Waals surface area contributed by atoms with Gasteiger partial charge in [-0.1, -0.05) is 6.92 Å². The molecule has 0 N–H and O–H groups in total. The molecule has 1 aliphatic carbocycles. The van der Waals surface area contributed by atoms with Gasteiger partial charge in [0.05, 0.1) is 12.6 Å². The lowest BCUT2D eigenvalue weighted by atomic mass is 10.4. The van der Waals surface area contributed by atoms with Crippen molar-refractivity contribution < 1.29 is 17.9 Å². The summed E-state index contributed by atoms with van der Waals surface area (Å²) < 4.78 is 31.4. The quantitative estimate of drug-likeness (QED) is 0.716. The molecule has 8 heteroatoms. The standard InChI is InChI=1S/C12H18N2O4S2/c1-3-6-14(7-9-4-5-9)20(16,17)12-10(11(15)18-2)13-8-19-12/h8-9H,3-7H2,1-2H3. The molecule has 0 spiro atoms. The average molecular weight is 318 g/mol. The number of nitrogens with zero attached hydrogens (tertiary/aromatic N) is 2. The Kier molecular flexibility index (Phi) is 4.77. The fraction of sp³-hybridized carbons (Fsp3) is 0.667. The zero-order chi connectivity index (χ0) is 14.8. The lowest BCUT2D eigenvalue weighted by Crippen LogP contribution is -2.34. The van der Waals surface area contributed by atoms with Crippen LogP contribution in [0.25, 0.3) is 0 Å². The maximum atomic E-state index is 12.7. The van der Waals surface area contributed by atoms with E-state index in [1.54, 1.807) is 0 Å². The summed E-state index contributed by atoms with van der Waals surface area (Å²) in [6.07, 6.45) is 2.88. The number of aromatic nitrogens is 1. The fourth-order valence-corrected chi connectivity index (χ4v) is 4.79. The van der Waals surface area contributed by atoms with E-state index in [0.717, 1.165) is 30.6 Å². The van der Waals surface area contributed by atoms with Crippen LogP contribution in [-0.4, -0.2) is 43.9 Å². The molecule has 0 saturated heterocycles. The second-order valence-corrected chi connectivity index (χ2v) is 7.77. The van der Waals surface area contributed by atoms with Crippen LogP contribution < -0.4 is 0 Å². The maximum absolute atomic E-state index is 12.7. The Hall–Kier alpha value is -0.990. The van der Waals surface area contributed by atoms with Crippen LogP contribution in [-0.2, 0) is 14.8 Å². The zero-order valence-corrected chi connectivity index (χ0v) is 13.2. The van der Waals surface area contributed by atoms with Gasteiger partial charge in [-0.25, -0.2) is 18.2 Å². The van der Waals surface area contributed by atoms with Crippen LogP contribution in [0.1, 0.15) is 36.7 Å². The Morgan fingerprint density at radius 2 is 2.25 bits per heavy atom. The van der Waals surface area contributed by atoms with Crippen molar-refractivity contribution in [2.45, 2.75) is 30.4 Å². The van der Waals surface area contributed by atoms with E-state index < -0.39 is 16.0 Å². The summed E-state index contributed by atoms with van der Waals surface area (Å²) in [5.74, 6) is -0.265. The Balaban J connectivity index is 2.31. The molecule has 0 atom stereocenters. The van der Waals surface area contributed by atoms with Crippen LogP contribution >= 0.6 is 11.3 Å². The number of rotatable bonds is 7. The van der Waals surface area contributed by atoms with E-state index >= 15 is 0 Å². The minimum absolute atomic E-state index is 0.0153. The molecule has 1 saturated carbocycles. The van der Waals surface area contributed by atoms with Gasteiger partial charge in [0.15, 0.2) is 9.90 Å². The summed E-state index contributed by atoms with van der Waals surface area (Å²) in [6, 6.07) is 0. The van der Waals surface area contributed by atoms with Gasteiger partial charge in [-0.05, 0) is 25.2 Å². The van der Waals surface area contributed by atoms with Crippen molar-refractivity contribution in [2.75, 3.05) is 20.2 Å². The van der Waals surface area contributed by atoms with Crippen molar-refractivity contribution in [1.82, 2.24) is 9.29 Å². The smallest absolute Gasteiger partial charge is 0.358 e. The average Bonchev–Trinajstić information content (AvgIpc) is 3.09. The van der Waals surface area contributed by atoms with Gasteiger partial charge in [0.1, 0.15) is 0 Å². The predicted molar refractivity (Wildman–Crippen MR) is 75.2 cm³/mol. The molecule has 0 aliphatic heterocycles. The number of carbonyl (C=O) groups excluding carboxylic acids is 1. The van der Waals surface area contributed by atoms with Gasteiger partial charge >= 0.3 is 5.97 Å². The van der Waals surface area contributed by atoms with E-state index in [4.69, 9.17) is 0 Å². The highest BCUT2D eigenvalue weighted by Gasteiger charge is 2.35. The highest BCUT2D eigenvalue weighted by molar-refractivity contribution is 7.91. The van der Waals surface area contributed by atoms with Crippen molar-refractivity contribution >= 4 is 27.3 Å². The Morgan fingerprint density at radius 1 is 1.55 bits per heavy atom. The van der Waals surface area contributed by atoms with Crippen LogP contribution in [0.5, 0.6) is 0 Å². The molecule has 1 aromatic rings. The Bertz CT molecular complexity index is 578. The third-order valence-corrected chi connectivity index (χ3v) is 6.33. The Labute approximate surface area is 122 Å². The van der Waals surface area contributed by atoms with Crippen molar-refractivity contribution in [1.29, 1.82) is 0 Å². The molecule has 6 nitrogen and oxygen atoms in total. The maximum Gasteiger partial charge on any atom is 0.358 e. The third kappa shape index (κ3) is 3.18. The van der Waals surface area contributed by atoms with E-state index in [9.17, 15) is 13.2 Å². The highest BCUT2D eigenvalue weighted by Crippen LogP contribution is 2.33. The minimum atomic E-state index is -3.67. The number of ether oxygens (including phenoxy) is 1. The number of carbonyl (C=O) groups is 1. The molecule has 0 unspecified atom stereocenters. The van der Waals surface area contributed by atoms with Crippen molar-refractivity contribution in [2.24, 2.45) is 5.92 Å². The second kappa shape index (κ2) is 6.19. The predicted octanol–water partition coefficient (Wildman–Crippen LogP) is 1.74. The summed E-state index contributed by atoms with van der Waals surface area (Å²) in [4.78, 5) is 15.4. The fourth-order valence-electron chi connectivity index (χ4n) is 1.92. The van der Waals surface area contributed by atoms with Crippen molar-refractivity contribution in [3.63, 3.8) is 0 Å². The van der Waals surface area contributed by atoms with Crippen LogP contribution in [0.4, 0.5) is 0 Å². The topological polar surface area (TPSA) is 76.6 Å². The lowest BCUT2D eigenvalue weighted by Gasteiger charge is -2.20. The van der Waals surface area contributed by atoms with E-state index in [2.05, 4.69) is 9.72 Å². The molecule has 20 heavy (non-hydrogen) atoms. The number of methoxy groups -OCH3 is 1. The summed E-state index contributed by atoms with van der Waals surface area (Å²) >= 11 is 0.960. The van der Waals surface area contributed by atoms with E-state index in [1.165, 1.54) is 16.9 Å². The monoisotopic (exact) mass is 318 g/mol. The molecule has 0 aromatic carbocycles. The van der Waals surface area contributed by atoms with Crippen LogP contribution in [0.3, 0.4) is 0 Å². The number of hydrogen-bond donors (Lipinski definition) is 0. The van der Waals surface area contributed by atoms with Crippen LogP contribution in [0.15, 0.2) is 9.72 Å². The molecule has 112 valence electrons.